The molecule has 1 aromatic carbocycles. The summed E-state index contributed by atoms with van der Waals surface area (Å²) < 4.78 is 40.3. The van der Waals surface area contributed by atoms with E-state index >= 15 is 0 Å². The number of aromatic nitrogens is 3. The molecule has 2 aromatic heterocycles. The predicted molar refractivity (Wildman–Crippen MR) is 97.4 cm³/mol. The van der Waals surface area contributed by atoms with Crippen LogP contribution in [0.2, 0.25) is 0 Å². The molecule has 10 heteroatoms. The van der Waals surface area contributed by atoms with Crippen LogP contribution in [0.25, 0.3) is 16.9 Å². The zero-order valence-electron chi connectivity index (χ0n) is 13.8. The number of nitrogens with zero attached hydrogens (tertiary/aromatic N) is 3. The molecular formula is C17H14F3N5OS. The number of benzene rings is 1. The van der Waals surface area contributed by atoms with Crippen molar-refractivity contribution in [2.75, 3.05) is 11.6 Å². The van der Waals surface area contributed by atoms with Crippen LogP contribution in [0, 0.1) is 5.41 Å². The van der Waals surface area contributed by atoms with Gasteiger partial charge in [0.2, 0.25) is 0 Å². The second-order valence-electron chi connectivity index (χ2n) is 5.43. The van der Waals surface area contributed by atoms with Crippen molar-refractivity contribution in [3.05, 3.63) is 54.0 Å². The van der Waals surface area contributed by atoms with Gasteiger partial charge in [-0.15, -0.1) is 11.8 Å². The fourth-order valence-corrected chi connectivity index (χ4v) is 2.84. The molecule has 27 heavy (non-hydrogen) atoms. The molecule has 6 nitrogen and oxygen atoms in total. The van der Waals surface area contributed by atoms with Crippen molar-refractivity contribution in [2.24, 2.45) is 0 Å². The van der Waals surface area contributed by atoms with Crippen molar-refractivity contribution >= 4 is 35.0 Å². The minimum Gasteiger partial charge on any atom is -0.342 e. The molecule has 0 bridgehead atoms. The lowest BCUT2D eigenvalue weighted by Crippen LogP contribution is -2.24. The molecular weight excluding hydrogens is 379 g/mol. The van der Waals surface area contributed by atoms with E-state index in [4.69, 9.17) is 5.41 Å². The molecule has 0 saturated carbocycles. The molecule has 3 aromatic rings. The van der Waals surface area contributed by atoms with Crippen LogP contribution in [0.4, 0.5) is 13.2 Å². The highest BCUT2D eigenvalue weighted by Gasteiger charge is 2.30. The van der Waals surface area contributed by atoms with Gasteiger partial charge < -0.3 is 10.7 Å². The number of thioether (sulfide) groups is 1. The van der Waals surface area contributed by atoms with Gasteiger partial charge in [-0.05, 0) is 30.3 Å². The largest absolute Gasteiger partial charge is 0.416 e. The minimum atomic E-state index is -4.46. The van der Waals surface area contributed by atoms with Gasteiger partial charge in [-0.2, -0.15) is 13.2 Å². The van der Waals surface area contributed by atoms with Gasteiger partial charge in [0.15, 0.2) is 5.65 Å². The normalized spacial score (nSPS) is 11.5. The fourth-order valence-electron chi connectivity index (χ4n) is 2.37. The van der Waals surface area contributed by atoms with Crippen molar-refractivity contribution in [1.82, 2.24) is 19.9 Å². The average molecular weight is 393 g/mol. The van der Waals surface area contributed by atoms with E-state index in [9.17, 15) is 18.0 Å². The molecule has 0 spiro atoms. The first kappa shape index (κ1) is 18.9. The van der Waals surface area contributed by atoms with Gasteiger partial charge in [-0.25, -0.2) is 9.97 Å². The van der Waals surface area contributed by atoms with Crippen LogP contribution in [0.1, 0.15) is 16.1 Å². The highest BCUT2D eigenvalue weighted by molar-refractivity contribution is 7.99. The first-order valence-electron chi connectivity index (χ1n) is 7.77. The van der Waals surface area contributed by atoms with Gasteiger partial charge in [0, 0.05) is 17.7 Å². The van der Waals surface area contributed by atoms with Crippen LogP contribution in [-0.2, 0) is 6.18 Å². The number of imidazole rings is 1. The summed E-state index contributed by atoms with van der Waals surface area (Å²) in [6.45, 7) is 0. The molecule has 2 heterocycles. The number of carbonyl (C=O) groups excluding carboxylic acids is 1. The molecule has 3 rings (SSSR count). The highest BCUT2D eigenvalue weighted by atomic mass is 32.2. The number of hydrogen-bond donors (Lipinski definition) is 2. The summed E-state index contributed by atoms with van der Waals surface area (Å²) in [4.78, 5) is 20.6. The average Bonchev–Trinajstić information content (AvgIpc) is 3.07. The van der Waals surface area contributed by atoms with Crippen molar-refractivity contribution in [2.45, 2.75) is 6.18 Å². The maximum atomic E-state index is 13.0. The van der Waals surface area contributed by atoms with Gasteiger partial charge in [-0.3, -0.25) is 9.36 Å². The van der Waals surface area contributed by atoms with Gasteiger partial charge in [0.25, 0.3) is 5.91 Å². The smallest absolute Gasteiger partial charge is 0.342 e. The zero-order chi connectivity index (χ0) is 19.4. The van der Waals surface area contributed by atoms with E-state index in [2.05, 4.69) is 15.3 Å². The lowest BCUT2D eigenvalue weighted by Gasteiger charge is -2.10. The fraction of sp³-hybridized carbons (Fsp3) is 0.176. The Hall–Kier alpha value is -2.88. The predicted octanol–water partition coefficient (Wildman–Crippen LogP) is 3.51. The number of halogens is 3. The van der Waals surface area contributed by atoms with Gasteiger partial charge >= 0.3 is 6.18 Å². The van der Waals surface area contributed by atoms with E-state index in [1.807, 2.05) is 0 Å². The van der Waals surface area contributed by atoms with Gasteiger partial charge in [0.1, 0.15) is 17.5 Å². The number of hydrogen-bond acceptors (Lipinski definition) is 5. The first-order valence-corrected chi connectivity index (χ1v) is 8.92. The summed E-state index contributed by atoms with van der Waals surface area (Å²) in [6.07, 6.45) is -1.86. The van der Waals surface area contributed by atoms with Gasteiger partial charge in [-0.1, -0.05) is 6.07 Å². The van der Waals surface area contributed by atoms with Crippen molar-refractivity contribution in [3.63, 3.8) is 0 Å². The molecule has 0 fully saturated rings. The minimum absolute atomic E-state index is 0.131. The summed E-state index contributed by atoms with van der Waals surface area (Å²) >= 11 is 1.36. The molecule has 0 unspecified atom stereocenters. The SMILES string of the molecule is N=CCSCNC(=O)c1ccc2ncn(-c3cccc(C(F)(F)F)c3)c2n1. The number of carbonyl (C=O) groups is 1. The lowest BCUT2D eigenvalue weighted by atomic mass is 10.2. The number of pyridine rings is 1. The zero-order valence-corrected chi connectivity index (χ0v) is 14.6. The molecule has 0 aliphatic carbocycles. The van der Waals surface area contributed by atoms with Crippen LogP contribution in [0.15, 0.2) is 42.7 Å². The van der Waals surface area contributed by atoms with E-state index in [0.29, 0.717) is 17.1 Å². The van der Waals surface area contributed by atoms with Crippen LogP contribution < -0.4 is 5.32 Å². The van der Waals surface area contributed by atoms with E-state index in [0.717, 1.165) is 12.1 Å². The number of fused-ring (bicyclic) bond motifs is 1. The number of rotatable bonds is 6. The monoisotopic (exact) mass is 393 g/mol. The van der Waals surface area contributed by atoms with E-state index in [1.54, 1.807) is 6.07 Å². The Morgan fingerprint density at radius 3 is 2.85 bits per heavy atom. The summed E-state index contributed by atoms with van der Waals surface area (Å²) in [6, 6.07) is 7.90. The standard InChI is InChI=1S/C17H14F3N5OS/c18-17(19,20)11-2-1-3-12(8-11)25-9-22-13-4-5-14(24-15(13)25)16(26)23-10-27-7-6-21/h1-6,8-9,21H,7,10H2,(H,23,26). The Bertz CT molecular complexity index is 986. The maximum Gasteiger partial charge on any atom is 0.416 e. The molecule has 0 saturated heterocycles. The van der Waals surface area contributed by atoms with E-state index in [1.165, 1.54) is 47.1 Å². The Morgan fingerprint density at radius 1 is 1.30 bits per heavy atom. The molecule has 0 atom stereocenters. The van der Waals surface area contributed by atoms with Crippen LogP contribution in [-0.4, -0.2) is 38.3 Å². The Balaban J connectivity index is 1.92. The summed E-state index contributed by atoms with van der Waals surface area (Å²) in [7, 11) is 0. The van der Waals surface area contributed by atoms with Crippen LogP contribution in [0.3, 0.4) is 0 Å². The third-order valence-corrected chi connectivity index (χ3v) is 4.37. The van der Waals surface area contributed by atoms with Crippen molar-refractivity contribution < 1.29 is 18.0 Å². The Labute approximate surface area is 156 Å². The molecule has 0 radical (unpaired) electrons. The van der Waals surface area contributed by atoms with Crippen molar-refractivity contribution in [3.8, 4) is 5.69 Å². The van der Waals surface area contributed by atoms with Crippen LogP contribution in [0.5, 0.6) is 0 Å². The summed E-state index contributed by atoms with van der Waals surface area (Å²) in [5.74, 6) is 0.391. The molecule has 140 valence electrons. The summed E-state index contributed by atoms with van der Waals surface area (Å²) in [5.41, 5.74) is 0.348. The molecule has 1 amide bonds. The first-order chi connectivity index (χ1) is 12.9. The number of amides is 1. The third-order valence-electron chi connectivity index (χ3n) is 3.62. The topological polar surface area (TPSA) is 83.7 Å². The van der Waals surface area contributed by atoms with Gasteiger partial charge in [0.05, 0.1) is 11.4 Å². The molecule has 0 aliphatic rings. The third kappa shape index (κ3) is 4.27. The highest BCUT2D eigenvalue weighted by Crippen LogP contribution is 2.30. The van der Waals surface area contributed by atoms with Crippen molar-refractivity contribution in [1.29, 1.82) is 5.41 Å². The maximum absolute atomic E-state index is 13.0. The Morgan fingerprint density at radius 2 is 2.11 bits per heavy atom. The van der Waals surface area contributed by atoms with E-state index < -0.39 is 17.6 Å². The number of alkyl halides is 3. The second-order valence-corrected chi connectivity index (χ2v) is 6.46. The lowest BCUT2D eigenvalue weighted by molar-refractivity contribution is -0.137. The second kappa shape index (κ2) is 7.78. The number of nitrogens with one attached hydrogen (secondary N) is 2. The van der Waals surface area contributed by atoms with E-state index in [-0.39, 0.29) is 17.0 Å². The van der Waals surface area contributed by atoms with Crippen LogP contribution >= 0.6 is 11.8 Å². The molecule has 0 aliphatic heterocycles. The summed E-state index contributed by atoms with van der Waals surface area (Å²) in [5, 5.41) is 9.59. The molecule has 2 N–H and O–H groups in total. The Kier molecular flexibility index (Phi) is 5.45. The quantitative estimate of drug-likeness (QED) is 0.381.